The zero-order valence-corrected chi connectivity index (χ0v) is 9.53. The Morgan fingerprint density at radius 1 is 1.29 bits per heavy atom. The molecule has 0 saturated carbocycles. The highest BCUT2D eigenvalue weighted by Crippen LogP contribution is 2.30. The van der Waals surface area contributed by atoms with E-state index in [0.717, 1.165) is 0 Å². The monoisotopic (exact) mass is 235 g/mol. The molecule has 1 aromatic carbocycles. The SMILES string of the molecule is COc1ccc(OC)c(C2NC(=O)NC2=N)c1. The average Bonchev–Trinajstić information content (AvgIpc) is 2.67. The molecular weight excluding hydrogens is 222 g/mol. The van der Waals surface area contributed by atoms with Crippen LogP contribution in [-0.4, -0.2) is 26.1 Å². The third kappa shape index (κ3) is 2.01. The van der Waals surface area contributed by atoms with Gasteiger partial charge in [0.25, 0.3) is 0 Å². The van der Waals surface area contributed by atoms with Crippen LogP contribution in [0.5, 0.6) is 11.5 Å². The van der Waals surface area contributed by atoms with Gasteiger partial charge in [0.2, 0.25) is 0 Å². The van der Waals surface area contributed by atoms with Crippen LogP contribution in [0, 0.1) is 5.41 Å². The molecule has 0 radical (unpaired) electrons. The maximum Gasteiger partial charge on any atom is 0.321 e. The Morgan fingerprint density at radius 2 is 2.06 bits per heavy atom. The second-order valence-corrected chi connectivity index (χ2v) is 3.55. The quantitative estimate of drug-likeness (QED) is 0.731. The Balaban J connectivity index is 2.42. The molecule has 1 aromatic rings. The number of ether oxygens (including phenoxy) is 2. The van der Waals surface area contributed by atoms with E-state index < -0.39 is 6.04 Å². The van der Waals surface area contributed by atoms with Crippen LogP contribution in [0.15, 0.2) is 18.2 Å². The van der Waals surface area contributed by atoms with E-state index in [1.54, 1.807) is 32.4 Å². The molecule has 90 valence electrons. The standard InChI is InChI=1S/C11H13N3O3/c1-16-6-3-4-8(17-2)7(5-6)9-10(12)14-11(15)13-9/h3-5,9H,1-2H3,(H3,12,13,14,15). The molecule has 0 spiro atoms. The van der Waals surface area contributed by atoms with E-state index in [0.29, 0.717) is 17.1 Å². The van der Waals surface area contributed by atoms with Crippen molar-refractivity contribution in [2.45, 2.75) is 6.04 Å². The van der Waals surface area contributed by atoms with Gasteiger partial charge in [0.05, 0.1) is 14.2 Å². The summed E-state index contributed by atoms with van der Waals surface area (Å²) >= 11 is 0. The van der Waals surface area contributed by atoms with Gasteiger partial charge >= 0.3 is 6.03 Å². The number of hydrogen-bond donors (Lipinski definition) is 3. The first-order valence-electron chi connectivity index (χ1n) is 5.03. The third-order valence-electron chi connectivity index (χ3n) is 2.56. The summed E-state index contributed by atoms with van der Waals surface area (Å²) in [7, 11) is 3.10. The molecule has 1 saturated heterocycles. The van der Waals surface area contributed by atoms with Crippen LogP contribution in [0.2, 0.25) is 0 Å². The molecule has 1 unspecified atom stereocenters. The molecule has 6 heteroatoms. The van der Waals surface area contributed by atoms with E-state index in [9.17, 15) is 4.79 Å². The summed E-state index contributed by atoms with van der Waals surface area (Å²) in [6.45, 7) is 0. The first kappa shape index (κ1) is 11.3. The van der Waals surface area contributed by atoms with Gasteiger partial charge in [0.1, 0.15) is 23.4 Å². The Labute approximate surface area is 98.4 Å². The van der Waals surface area contributed by atoms with Crippen LogP contribution in [0.4, 0.5) is 4.79 Å². The lowest BCUT2D eigenvalue weighted by molar-refractivity contribution is 0.248. The van der Waals surface area contributed by atoms with Crippen molar-refractivity contribution in [3.05, 3.63) is 23.8 Å². The lowest BCUT2D eigenvalue weighted by Gasteiger charge is -2.15. The van der Waals surface area contributed by atoms with Crippen LogP contribution in [0.3, 0.4) is 0 Å². The maximum absolute atomic E-state index is 11.2. The van der Waals surface area contributed by atoms with E-state index in [1.165, 1.54) is 0 Å². The minimum Gasteiger partial charge on any atom is -0.497 e. The van der Waals surface area contributed by atoms with Crippen molar-refractivity contribution in [1.82, 2.24) is 10.6 Å². The van der Waals surface area contributed by atoms with E-state index >= 15 is 0 Å². The maximum atomic E-state index is 11.2. The second kappa shape index (κ2) is 4.32. The highest BCUT2D eigenvalue weighted by molar-refractivity contribution is 6.06. The number of benzene rings is 1. The van der Waals surface area contributed by atoms with Crippen LogP contribution in [0.25, 0.3) is 0 Å². The van der Waals surface area contributed by atoms with Crippen molar-refractivity contribution < 1.29 is 14.3 Å². The van der Waals surface area contributed by atoms with Gasteiger partial charge in [-0.2, -0.15) is 0 Å². The second-order valence-electron chi connectivity index (χ2n) is 3.55. The minimum absolute atomic E-state index is 0.0987. The highest BCUT2D eigenvalue weighted by atomic mass is 16.5. The zero-order chi connectivity index (χ0) is 12.4. The van der Waals surface area contributed by atoms with Crippen LogP contribution in [-0.2, 0) is 0 Å². The van der Waals surface area contributed by atoms with E-state index in [2.05, 4.69) is 10.6 Å². The van der Waals surface area contributed by atoms with Crippen LogP contribution in [0.1, 0.15) is 11.6 Å². The fraction of sp³-hybridized carbons (Fsp3) is 0.273. The molecule has 17 heavy (non-hydrogen) atoms. The molecule has 1 atom stereocenters. The Morgan fingerprint density at radius 3 is 2.59 bits per heavy atom. The molecule has 1 fully saturated rings. The number of urea groups is 1. The summed E-state index contributed by atoms with van der Waals surface area (Å²) in [5, 5.41) is 12.7. The first-order chi connectivity index (χ1) is 8.15. The predicted molar refractivity (Wildman–Crippen MR) is 61.7 cm³/mol. The number of carbonyl (C=O) groups excluding carboxylic acids is 1. The topological polar surface area (TPSA) is 83.4 Å². The fourth-order valence-electron chi connectivity index (χ4n) is 1.73. The molecule has 2 rings (SSSR count). The summed E-state index contributed by atoms with van der Waals surface area (Å²) in [4.78, 5) is 11.2. The number of nitrogens with one attached hydrogen (secondary N) is 3. The number of hydrogen-bond acceptors (Lipinski definition) is 4. The van der Waals surface area contributed by atoms with Gasteiger partial charge in [0, 0.05) is 5.56 Å². The minimum atomic E-state index is -0.521. The Hall–Kier alpha value is -2.24. The molecule has 3 N–H and O–H groups in total. The number of carbonyl (C=O) groups is 1. The molecule has 0 aliphatic carbocycles. The predicted octanol–water partition coefficient (Wildman–Crippen LogP) is 1.03. The summed E-state index contributed by atoms with van der Waals surface area (Å²) in [6, 6.07) is 4.34. The highest BCUT2D eigenvalue weighted by Gasteiger charge is 2.30. The van der Waals surface area contributed by atoms with Crippen LogP contribution < -0.4 is 20.1 Å². The van der Waals surface area contributed by atoms with Gasteiger partial charge in [-0.3, -0.25) is 10.7 Å². The van der Waals surface area contributed by atoms with Gasteiger partial charge in [-0.15, -0.1) is 0 Å². The largest absolute Gasteiger partial charge is 0.497 e. The van der Waals surface area contributed by atoms with Gasteiger partial charge in [-0.1, -0.05) is 0 Å². The molecule has 1 heterocycles. The van der Waals surface area contributed by atoms with Crippen molar-refractivity contribution in [3.63, 3.8) is 0 Å². The van der Waals surface area contributed by atoms with Crippen molar-refractivity contribution in [3.8, 4) is 11.5 Å². The van der Waals surface area contributed by atoms with Crippen molar-refractivity contribution in [2.75, 3.05) is 14.2 Å². The van der Waals surface area contributed by atoms with E-state index in [4.69, 9.17) is 14.9 Å². The fourth-order valence-corrected chi connectivity index (χ4v) is 1.73. The van der Waals surface area contributed by atoms with Crippen molar-refractivity contribution in [2.24, 2.45) is 0 Å². The molecule has 0 aromatic heterocycles. The average molecular weight is 235 g/mol. The Bertz CT molecular complexity index is 473. The summed E-state index contributed by atoms with van der Waals surface area (Å²) in [6.07, 6.45) is 0. The number of rotatable bonds is 3. The number of amidine groups is 1. The third-order valence-corrected chi connectivity index (χ3v) is 2.56. The normalized spacial score (nSPS) is 18.6. The van der Waals surface area contributed by atoms with Crippen molar-refractivity contribution >= 4 is 11.9 Å². The molecule has 1 aliphatic rings. The summed E-state index contributed by atoms with van der Waals surface area (Å²) < 4.78 is 10.3. The zero-order valence-electron chi connectivity index (χ0n) is 9.53. The van der Waals surface area contributed by atoms with Gasteiger partial charge in [-0.25, -0.2) is 4.79 Å². The number of amides is 2. The molecule has 6 nitrogen and oxygen atoms in total. The lowest BCUT2D eigenvalue weighted by atomic mass is 10.1. The smallest absolute Gasteiger partial charge is 0.321 e. The number of methoxy groups -OCH3 is 2. The molecular formula is C11H13N3O3. The first-order valence-corrected chi connectivity index (χ1v) is 5.03. The Kier molecular flexibility index (Phi) is 2.86. The molecule has 2 amide bonds. The van der Waals surface area contributed by atoms with E-state index in [-0.39, 0.29) is 11.9 Å². The summed E-state index contributed by atoms with van der Waals surface area (Å²) in [5.74, 6) is 1.35. The molecule has 1 aliphatic heterocycles. The van der Waals surface area contributed by atoms with Gasteiger partial charge in [0.15, 0.2) is 0 Å². The lowest BCUT2D eigenvalue weighted by Crippen LogP contribution is -2.22. The van der Waals surface area contributed by atoms with Gasteiger partial charge in [-0.05, 0) is 18.2 Å². The van der Waals surface area contributed by atoms with Crippen molar-refractivity contribution in [1.29, 1.82) is 5.41 Å². The van der Waals surface area contributed by atoms with Gasteiger partial charge < -0.3 is 14.8 Å². The summed E-state index contributed by atoms with van der Waals surface area (Å²) in [5.41, 5.74) is 0.690. The van der Waals surface area contributed by atoms with E-state index in [1.807, 2.05) is 0 Å². The van der Waals surface area contributed by atoms with Crippen LogP contribution >= 0.6 is 0 Å². The molecule has 0 bridgehead atoms.